The van der Waals surface area contributed by atoms with Crippen LogP contribution in [0.15, 0.2) is 54.6 Å². The fraction of sp³-hybridized carbons (Fsp3) is 0.350. The van der Waals surface area contributed by atoms with Gasteiger partial charge in [-0.3, -0.25) is 4.79 Å². The van der Waals surface area contributed by atoms with Crippen molar-refractivity contribution in [2.24, 2.45) is 5.73 Å². The Labute approximate surface area is 143 Å². The summed E-state index contributed by atoms with van der Waals surface area (Å²) in [7, 11) is 1.92. The van der Waals surface area contributed by atoms with Crippen molar-refractivity contribution < 1.29 is 4.79 Å². The van der Waals surface area contributed by atoms with Crippen molar-refractivity contribution in [3.8, 4) is 0 Å². The largest absolute Gasteiger partial charge is 0.369 e. The first-order valence-corrected chi connectivity index (χ1v) is 8.55. The molecule has 1 aliphatic rings. The third-order valence-corrected chi connectivity index (χ3v) is 4.82. The highest BCUT2D eigenvalue weighted by molar-refractivity contribution is 5.94. The first kappa shape index (κ1) is 16.5. The first-order valence-electron chi connectivity index (χ1n) is 8.55. The minimum absolute atomic E-state index is 0.0819. The van der Waals surface area contributed by atoms with Gasteiger partial charge in [0.05, 0.1) is 0 Å². The quantitative estimate of drug-likeness (QED) is 0.941. The van der Waals surface area contributed by atoms with Crippen molar-refractivity contribution in [2.75, 3.05) is 25.0 Å². The van der Waals surface area contributed by atoms with Crippen LogP contribution in [0, 0.1) is 0 Å². The highest BCUT2D eigenvalue weighted by Gasteiger charge is 2.26. The van der Waals surface area contributed by atoms with Crippen LogP contribution in [0.4, 0.5) is 5.69 Å². The lowest BCUT2D eigenvalue weighted by atomic mass is 10.0. The zero-order valence-electron chi connectivity index (χ0n) is 14.2. The van der Waals surface area contributed by atoms with Gasteiger partial charge in [0.25, 0.3) is 5.91 Å². The van der Waals surface area contributed by atoms with Crippen LogP contribution >= 0.6 is 0 Å². The van der Waals surface area contributed by atoms with Crippen LogP contribution in [-0.4, -0.2) is 37.0 Å². The van der Waals surface area contributed by atoms with E-state index in [4.69, 9.17) is 5.73 Å². The Morgan fingerprint density at radius 2 is 1.88 bits per heavy atom. The van der Waals surface area contributed by atoms with Crippen LogP contribution < -0.4 is 10.6 Å². The standard InChI is InChI=1S/C20H25N3O/c1-22(20(24)17-11-9-16(14-21)10-12-17)19-8-5-13-23(15-19)18-6-3-2-4-7-18/h2-4,6-7,9-12,19H,5,8,13-15,21H2,1H3. The molecule has 0 radical (unpaired) electrons. The molecule has 1 unspecified atom stereocenters. The van der Waals surface area contributed by atoms with Gasteiger partial charge in [-0.1, -0.05) is 30.3 Å². The average Bonchev–Trinajstić information content (AvgIpc) is 2.67. The molecule has 0 saturated carbocycles. The third-order valence-electron chi connectivity index (χ3n) is 4.82. The lowest BCUT2D eigenvalue weighted by molar-refractivity contribution is 0.0717. The third kappa shape index (κ3) is 3.60. The zero-order valence-corrected chi connectivity index (χ0v) is 14.2. The van der Waals surface area contributed by atoms with E-state index >= 15 is 0 Å². The molecule has 4 nitrogen and oxygen atoms in total. The van der Waals surface area contributed by atoms with E-state index in [1.807, 2.05) is 42.3 Å². The molecule has 0 aromatic heterocycles. The van der Waals surface area contributed by atoms with Crippen molar-refractivity contribution in [3.05, 3.63) is 65.7 Å². The van der Waals surface area contributed by atoms with E-state index < -0.39 is 0 Å². The van der Waals surface area contributed by atoms with Crippen molar-refractivity contribution in [1.29, 1.82) is 0 Å². The Kier molecular flexibility index (Phi) is 5.16. The number of amides is 1. The summed E-state index contributed by atoms with van der Waals surface area (Å²) in [6.45, 7) is 2.43. The maximum Gasteiger partial charge on any atom is 0.253 e. The molecule has 2 N–H and O–H groups in total. The minimum atomic E-state index is 0.0819. The number of hydrogen-bond donors (Lipinski definition) is 1. The molecule has 4 heteroatoms. The van der Waals surface area contributed by atoms with E-state index in [0.29, 0.717) is 6.54 Å². The number of piperidine rings is 1. The van der Waals surface area contributed by atoms with E-state index in [1.165, 1.54) is 5.69 Å². The highest BCUT2D eigenvalue weighted by atomic mass is 16.2. The first-order chi connectivity index (χ1) is 11.7. The smallest absolute Gasteiger partial charge is 0.253 e. The van der Waals surface area contributed by atoms with Crippen LogP contribution in [-0.2, 0) is 6.54 Å². The van der Waals surface area contributed by atoms with Gasteiger partial charge >= 0.3 is 0 Å². The van der Waals surface area contributed by atoms with Gasteiger partial charge in [0.15, 0.2) is 0 Å². The molecule has 24 heavy (non-hydrogen) atoms. The van der Waals surface area contributed by atoms with Crippen molar-refractivity contribution in [2.45, 2.75) is 25.4 Å². The molecule has 1 aliphatic heterocycles. The molecule has 126 valence electrons. The van der Waals surface area contributed by atoms with Gasteiger partial charge < -0.3 is 15.5 Å². The maximum atomic E-state index is 12.8. The summed E-state index contributed by atoms with van der Waals surface area (Å²) in [5.74, 6) is 0.0819. The van der Waals surface area contributed by atoms with Crippen molar-refractivity contribution in [1.82, 2.24) is 4.90 Å². The van der Waals surface area contributed by atoms with Crippen LogP contribution in [0.3, 0.4) is 0 Å². The number of anilines is 1. The van der Waals surface area contributed by atoms with Gasteiger partial charge in [0.1, 0.15) is 0 Å². The van der Waals surface area contributed by atoms with E-state index in [1.54, 1.807) is 0 Å². The monoisotopic (exact) mass is 323 g/mol. The zero-order chi connectivity index (χ0) is 16.9. The second-order valence-corrected chi connectivity index (χ2v) is 6.39. The summed E-state index contributed by atoms with van der Waals surface area (Å²) in [4.78, 5) is 17.0. The van der Waals surface area contributed by atoms with Crippen LogP contribution in [0.5, 0.6) is 0 Å². The molecule has 3 rings (SSSR count). The predicted molar refractivity (Wildman–Crippen MR) is 98.1 cm³/mol. The molecule has 1 amide bonds. The van der Waals surface area contributed by atoms with Gasteiger partial charge in [0, 0.05) is 44.0 Å². The molecular formula is C20H25N3O. The summed E-state index contributed by atoms with van der Waals surface area (Å²) in [5, 5.41) is 0. The number of para-hydroxylation sites is 1. The average molecular weight is 323 g/mol. The Morgan fingerprint density at radius 3 is 2.54 bits per heavy atom. The fourth-order valence-corrected chi connectivity index (χ4v) is 3.30. The maximum absolute atomic E-state index is 12.8. The normalized spacial score (nSPS) is 17.6. The molecule has 1 atom stereocenters. The van der Waals surface area contributed by atoms with Crippen LogP contribution in [0.2, 0.25) is 0 Å². The van der Waals surface area contributed by atoms with Crippen LogP contribution in [0.25, 0.3) is 0 Å². The molecule has 0 bridgehead atoms. The van der Waals surface area contributed by atoms with Gasteiger partial charge in [-0.15, -0.1) is 0 Å². The number of nitrogens with two attached hydrogens (primary N) is 1. The number of nitrogens with zero attached hydrogens (tertiary/aromatic N) is 2. The Bertz CT molecular complexity index is 669. The number of carbonyl (C=O) groups is 1. The highest BCUT2D eigenvalue weighted by Crippen LogP contribution is 2.22. The SMILES string of the molecule is CN(C(=O)c1ccc(CN)cc1)C1CCCN(c2ccccc2)C1. The summed E-state index contributed by atoms with van der Waals surface area (Å²) in [6.07, 6.45) is 2.15. The molecule has 1 heterocycles. The molecule has 0 aliphatic carbocycles. The summed E-state index contributed by atoms with van der Waals surface area (Å²) in [5.41, 5.74) is 8.63. The molecule has 2 aromatic rings. The fourth-order valence-electron chi connectivity index (χ4n) is 3.30. The van der Waals surface area contributed by atoms with Gasteiger partial charge in [0.2, 0.25) is 0 Å². The van der Waals surface area contributed by atoms with E-state index in [9.17, 15) is 4.79 Å². The molecular weight excluding hydrogens is 298 g/mol. The van der Waals surface area contributed by atoms with Gasteiger partial charge in [-0.25, -0.2) is 0 Å². The Morgan fingerprint density at radius 1 is 1.17 bits per heavy atom. The minimum Gasteiger partial charge on any atom is -0.369 e. The van der Waals surface area contributed by atoms with Crippen LogP contribution in [0.1, 0.15) is 28.8 Å². The number of carbonyl (C=O) groups excluding carboxylic acids is 1. The van der Waals surface area contributed by atoms with E-state index in [0.717, 1.165) is 37.1 Å². The molecule has 1 fully saturated rings. The second-order valence-electron chi connectivity index (χ2n) is 6.39. The second kappa shape index (κ2) is 7.49. The predicted octanol–water partition coefficient (Wildman–Crippen LogP) is 2.89. The Hall–Kier alpha value is -2.33. The topological polar surface area (TPSA) is 49.6 Å². The molecule has 1 saturated heterocycles. The molecule has 2 aromatic carbocycles. The summed E-state index contributed by atoms with van der Waals surface area (Å²) >= 11 is 0. The number of rotatable bonds is 4. The summed E-state index contributed by atoms with van der Waals surface area (Å²) < 4.78 is 0. The van der Waals surface area contributed by atoms with Gasteiger partial charge in [-0.05, 0) is 42.7 Å². The lowest BCUT2D eigenvalue weighted by Gasteiger charge is -2.39. The number of benzene rings is 2. The van der Waals surface area contributed by atoms with Gasteiger partial charge in [-0.2, -0.15) is 0 Å². The summed E-state index contributed by atoms with van der Waals surface area (Å²) in [6, 6.07) is 18.3. The number of likely N-dealkylation sites (N-methyl/N-ethyl adjacent to an activating group) is 1. The molecule has 0 spiro atoms. The number of hydrogen-bond acceptors (Lipinski definition) is 3. The van der Waals surface area contributed by atoms with Crippen molar-refractivity contribution >= 4 is 11.6 Å². The van der Waals surface area contributed by atoms with Crippen molar-refractivity contribution in [3.63, 3.8) is 0 Å². The lowest BCUT2D eigenvalue weighted by Crippen LogP contribution is -2.48. The van der Waals surface area contributed by atoms with E-state index in [2.05, 4.69) is 29.2 Å². The van der Waals surface area contributed by atoms with E-state index in [-0.39, 0.29) is 11.9 Å². The Balaban J connectivity index is 1.69.